The molecule has 0 saturated carbocycles. The van der Waals surface area contributed by atoms with Gasteiger partial charge in [-0.05, 0) is 25.5 Å². The van der Waals surface area contributed by atoms with Crippen LogP contribution in [0.4, 0.5) is 27.6 Å². The van der Waals surface area contributed by atoms with Gasteiger partial charge < -0.3 is 15.6 Å². The van der Waals surface area contributed by atoms with Crippen LogP contribution in [0, 0.1) is 11.6 Å². The lowest BCUT2D eigenvalue weighted by Crippen LogP contribution is -2.49. The molecular weight excluding hydrogens is 409 g/mol. The molecule has 30 heavy (non-hydrogen) atoms. The molecule has 10 heteroatoms. The van der Waals surface area contributed by atoms with Crippen LogP contribution in [0.15, 0.2) is 42.1 Å². The Hall–Kier alpha value is -3.17. The Morgan fingerprint density at radius 2 is 1.67 bits per heavy atom. The number of H-pyrrole nitrogens is 1. The molecule has 2 amide bonds. The first-order valence-electron chi connectivity index (χ1n) is 9.02. The third-order valence-corrected chi connectivity index (χ3v) is 3.81. The summed E-state index contributed by atoms with van der Waals surface area (Å²) >= 11 is 0. The van der Waals surface area contributed by atoms with E-state index in [1.54, 1.807) is 5.32 Å². The maximum absolute atomic E-state index is 13.4. The summed E-state index contributed by atoms with van der Waals surface area (Å²) in [5.74, 6) is -5.24. The van der Waals surface area contributed by atoms with Crippen molar-refractivity contribution in [3.8, 4) is 0 Å². The molecule has 3 N–H and O–H groups in total. The molecule has 1 aromatic heterocycles. The van der Waals surface area contributed by atoms with Gasteiger partial charge in [0.25, 0.3) is 0 Å². The van der Waals surface area contributed by atoms with Crippen molar-refractivity contribution in [1.82, 2.24) is 10.3 Å². The Morgan fingerprint density at radius 3 is 2.20 bits per heavy atom. The minimum Gasteiger partial charge on any atom is -0.359 e. The normalized spacial score (nSPS) is 13.0. The van der Waals surface area contributed by atoms with Gasteiger partial charge in [-0.3, -0.25) is 9.59 Å². The number of amides is 2. The number of alkyl halides is 3. The minimum absolute atomic E-state index is 0.0514. The summed E-state index contributed by atoms with van der Waals surface area (Å²) in [6, 6.07) is -0.756. The number of aromatic nitrogens is 1. The van der Waals surface area contributed by atoms with E-state index in [0.717, 1.165) is 30.5 Å². The van der Waals surface area contributed by atoms with Crippen LogP contribution < -0.4 is 10.6 Å². The lowest BCUT2D eigenvalue weighted by molar-refractivity contribution is -0.155. The highest BCUT2D eigenvalue weighted by atomic mass is 19.4. The number of halogens is 5. The second kappa shape index (κ2) is 10.6. The van der Waals surface area contributed by atoms with E-state index in [2.05, 4.69) is 10.3 Å². The van der Waals surface area contributed by atoms with Crippen LogP contribution in [0.25, 0.3) is 10.9 Å². The molecule has 1 unspecified atom stereocenters. The van der Waals surface area contributed by atoms with E-state index in [4.69, 9.17) is 0 Å². The van der Waals surface area contributed by atoms with Gasteiger partial charge in [-0.15, -0.1) is 0 Å². The minimum atomic E-state index is -4.83. The van der Waals surface area contributed by atoms with Crippen molar-refractivity contribution in [3.05, 3.63) is 53.8 Å². The molecule has 1 atom stereocenters. The largest absolute Gasteiger partial charge is 0.412 e. The van der Waals surface area contributed by atoms with Crippen molar-refractivity contribution < 1.29 is 31.5 Å². The van der Waals surface area contributed by atoms with E-state index in [1.165, 1.54) is 19.9 Å². The maximum atomic E-state index is 13.4. The monoisotopic (exact) mass is 431 g/mol. The quantitative estimate of drug-likeness (QED) is 0.363. The molecule has 0 bridgehead atoms. The van der Waals surface area contributed by atoms with Crippen molar-refractivity contribution in [3.63, 3.8) is 0 Å². The van der Waals surface area contributed by atoms with E-state index in [0.29, 0.717) is 0 Å². The predicted molar refractivity (Wildman–Crippen MR) is 105 cm³/mol. The summed E-state index contributed by atoms with van der Waals surface area (Å²) in [5, 5.41) is 3.77. The first-order chi connectivity index (χ1) is 14.1. The van der Waals surface area contributed by atoms with Crippen LogP contribution in [-0.4, -0.2) is 29.0 Å². The number of rotatable bonds is 4. The molecule has 1 heterocycles. The molecule has 0 fully saturated rings. The third-order valence-electron chi connectivity index (χ3n) is 3.81. The fourth-order valence-electron chi connectivity index (χ4n) is 2.50. The molecule has 0 radical (unpaired) electrons. The van der Waals surface area contributed by atoms with Gasteiger partial charge in [0, 0.05) is 17.6 Å². The predicted octanol–water partition coefficient (Wildman–Crippen LogP) is 4.98. The van der Waals surface area contributed by atoms with E-state index < -0.39 is 35.7 Å². The summed E-state index contributed by atoms with van der Waals surface area (Å²) < 4.78 is 66.4. The van der Waals surface area contributed by atoms with Gasteiger partial charge in [0.2, 0.25) is 0 Å². The molecule has 0 aliphatic heterocycles. The first kappa shape index (κ1) is 24.9. The van der Waals surface area contributed by atoms with Gasteiger partial charge in [0.1, 0.15) is 0 Å². The Labute approximate surface area is 170 Å². The molecule has 5 nitrogen and oxygen atoms in total. The highest BCUT2D eigenvalue weighted by Crippen LogP contribution is 2.27. The number of allylic oxidation sites excluding steroid dienone is 2. The SMILES string of the molecule is C/C=C\C(=C/C)C(NC(=O)C(=O)Nc1c[nH]c2cc(F)c(F)cc12)C(F)(F)F.CC. The zero-order valence-corrected chi connectivity index (χ0v) is 16.7. The summed E-state index contributed by atoms with van der Waals surface area (Å²) in [4.78, 5) is 26.6. The van der Waals surface area contributed by atoms with Crippen molar-refractivity contribution in [2.45, 2.75) is 39.9 Å². The Balaban J connectivity index is 0.00000218. The second-order valence-corrected chi connectivity index (χ2v) is 5.71. The second-order valence-electron chi connectivity index (χ2n) is 5.71. The molecule has 0 spiro atoms. The van der Waals surface area contributed by atoms with Gasteiger partial charge >= 0.3 is 18.0 Å². The molecule has 2 aromatic rings. The van der Waals surface area contributed by atoms with Crippen molar-refractivity contribution >= 4 is 28.4 Å². The van der Waals surface area contributed by atoms with E-state index >= 15 is 0 Å². The zero-order valence-electron chi connectivity index (χ0n) is 16.7. The van der Waals surface area contributed by atoms with Gasteiger partial charge in [0.15, 0.2) is 17.7 Å². The molecule has 0 aliphatic carbocycles. The smallest absolute Gasteiger partial charge is 0.359 e. The standard InChI is InChI=1S/C18H16F5N3O2.C2H6/c1-3-5-9(4-2)15(18(21,22)23)26-17(28)16(27)25-14-8-24-13-7-12(20)11(19)6-10(13)14;1-2/h3-8,15,24H,1-2H3,(H,25,27)(H,26,28);1-2H3/b5-3-,9-4+;. The topological polar surface area (TPSA) is 74.0 Å². The number of hydrogen-bond donors (Lipinski definition) is 3. The molecule has 164 valence electrons. The molecule has 0 aliphatic rings. The van der Waals surface area contributed by atoms with Crippen molar-refractivity contribution in [1.29, 1.82) is 0 Å². The summed E-state index contributed by atoms with van der Waals surface area (Å²) in [6.07, 6.45) is 0.00642. The lowest BCUT2D eigenvalue weighted by atomic mass is 10.1. The number of carbonyl (C=O) groups excluding carboxylic acids is 2. The van der Waals surface area contributed by atoms with Crippen LogP contribution in [-0.2, 0) is 9.59 Å². The molecule has 1 aromatic carbocycles. The van der Waals surface area contributed by atoms with E-state index in [-0.39, 0.29) is 22.2 Å². The molecule has 2 rings (SSSR count). The Kier molecular flexibility index (Phi) is 8.75. The molecular formula is C20H22F5N3O2. The fraction of sp³-hybridized carbons (Fsp3) is 0.300. The maximum Gasteiger partial charge on any atom is 0.412 e. The van der Waals surface area contributed by atoms with Gasteiger partial charge in [0.05, 0.1) is 11.2 Å². The average Bonchev–Trinajstić information content (AvgIpc) is 3.06. The number of aromatic amines is 1. The van der Waals surface area contributed by atoms with Crippen molar-refractivity contribution in [2.75, 3.05) is 5.32 Å². The van der Waals surface area contributed by atoms with E-state index in [1.807, 2.05) is 13.8 Å². The Morgan fingerprint density at radius 1 is 1.07 bits per heavy atom. The van der Waals surface area contributed by atoms with Crippen molar-refractivity contribution in [2.24, 2.45) is 0 Å². The highest BCUT2D eigenvalue weighted by Gasteiger charge is 2.43. The van der Waals surface area contributed by atoms with Gasteiger partial charge in [-0.1, -0.05) is 32.1 Å². The Bertz CT molecular complexity index is 961. The van der Waals surface area contributed by atoms with Gasteiger partial charge in [-0.2, -0.15) is 13.2 Å². The van der Waals surface area contributed by atoms with E-state index in [9.17, 15) is 31.5 Å². The number of anilines is 1. The number of benzene rings is 1. The zero-order chi connectivity index (χ0) is 23.1. The average molecular weight is 431 g/mol. The van der Waals surface area contributed by atoms with Crippen LogP contribution in [0.5, 0.6) is 0 Å². The third kappa shape index (κ3) is 5.91. The van der Waals surface area contributed by atoms with Crippen LogP contribution in [0.3, 0.4) is 0 Å². The number of fused-ring (bicyclic) bond motifs is 1. The van der Waals surface area contributed by atoms with Crippen LogP contribution >= 0.6 is 0 Å². The summed E-state index contributed by atoms with van der Waals surface area (Å²) in [6.45, 7) is 6.87. The lowest BCUT2D eigenvalue weighted by Gasteiger charge is -2.22. The van der Waals surface area contributed by atoms with Crippen LogP contribution in [0.2, 0.25) is 0 Å². The number of nitrogens with one attached hydrogen (secondary N) is 3. The molecule has 0 saturated heterocycles. The summed E-state index contributed by atoms with van der Waals surface area (Å²) in [5.41, 5.74) is -0.204. The fourth-order valence-corrected chi connectivity index (χ4v) is 2.50. The summed E-state index contributed by atoms with van der Waals surface area (Å²) in [7, 11) is 0. The number of carbonyl (C=O) groups is 2. The van der Waals surface area contributed by atoms with Crippen LogP contribution in [0.1, 0.15) is 27.7 Å². The highest BCUT2D eigenvalue weighted by molar-refractivity contribution is 6.40. The number of hydrogen-bond acceptors (Lipinski definition) is 2. The van der Waals surface area contributed by atoms with Gasteiger partial charge in [-0.25, -0.2) is 8.78 Å². The first-order valence-corrected chi connectivity index (χ1v) is 9.02.